The van der Waals surface area contributed by atoms with Gasteiger partial charge in [-0.25, -0.2) is 4.79 Å². The van der Waals surface area contributed by atoms with Crippen LogP contribution in [0, 0.1) is 0 Å². The molecule has 0 amide bonds. The molecular formula is C19H28F6O5. The predicted molar refractivity (Wildman–Crippen MR) is 93.7 cm³/mol. The highest BCUT2D eigenvalue weighted by Crippen LogP contribution is 2.48. The summed E-state index contributed by atoms with van der Waals surface area (Å²) in [6.07, 6.45) is -5.37. The SMILES string of the molecule is O=C(O)CC(OC(=O)COC1CCCCCCCCCCC1)(C(F)(F)F)C(F)(F)F. The van der Waals surface area contributed by atoms with Gasteiger partial charge in [0.1, 0.15) is 13.0 Å². The van der Waals surface area contributed by atoms with Gasteiger partial charge < -0.3 is 14.6 Å². The van der Waals surface area contributed by atoms with Gasteiger partial charge in [-0.2, -0.15) is 26.3 Å². The summed E-state index contributed by atoms with van der Waals surface area (Å²) in [5, 5.41) is 8.55. The van der Waals surface area contributed by atoms with Crippen LogP contribution >= 0.6 is 0 Å². The van der Waals surface area contributed by atoms with E-state index in [0.29, 0.717) is 12.8 Å². The lowest BCUT2D eigenvalue weighted by Crippen LogP contribution is -2.61. The van der Waals surface area contributed by atoms with Crippen molar-refractivity contribution in [2.75, 3.05) is 6.61 Å². The first-order chi connectivity index (χ1) is 13.9. The fraction of sp³-hybridized carbons (Fsp3) is 0.895. The molecule has 1 aliphatic rings. The van der Waals surface area contributed by atoms with Gasteiger partial charge in [-0.3, -0.25) is 4.79 Å². The minimum atomic E-state index is -6.16. The minimum absolute atomic E-state index is 0.484. The molecule has 0 bridgehead atoms. The Morgan fingerprint density at radius 1 is 0.767 bits per heavy atom. The fourth-order valence-electron chi connectivity index (χ4n) is 3.43. The van der Waals surface area contributed by atoms with Crippen LogP contribution in [0.5, 0.6) is 0 Å². The molecule has 0 saturated heterocycles. The molecule has 0 aromatic carbocycles. The van der Waals surface area contributed by atoms with Crippen molar-refractivity contribution in [1.29, 1.82) is 0 Å². The number of ether oxygens (including phenoxy) is 2. The number of aliphatic carboxylic acids is 1. The van der Waals surface area contributed by atoms with Gasteiger partial charge in [-0.1, -0.05) is 57.8 Å². The molecule has 0 aromatic heterocycles. The highest BCUT2D eigenvalue weighted by molar-refractivity contribution is 5.74. The lowest BCUT2D eigenvalue weighted by Gasteiger charge is -2.35. The van der Waals surface area contributed by atoms with Gasteiger partial charge in [0.25, 0.3) is 0 Å². The van der Waals surface area contributed by atoms with Crippen molar-refractivity contribution in [2.45, 2.75) is 101 Å². The molecule has 0 radical (unpaired) electrons. The van der Waals surface area contributed by atoms with Crippen molar-refractivity contribution >= 4 is 11.9 Å². The highest BCUT2D eigenvalue weighted by atomic mass is 19.4. The molecule has 0 atom stereocenters. The van der Waals surface area contributed by atoms with Crippen LogP contribution in [0.3, 0.4) is 0 Å². The second-order valence-corrected chi connectivity index (χ2v) is 7.56. The van der Waals surface area contributed by atoms with E-state index in [2.05, 4.69) is 4.74 Å². The topological polar surface area (TPSA) is 72.8 Å². The number of carboxylic acids is 1. The molecule has 0 spiro atoms. The van der Waals surface area contributed by atoms with Gasteiger partial charge >= 0.3 is 29.9 Å². The molecule has 1 aliphatic carbocycles. The third-order valence-electron chi connectivity index (χ3n) is 5.09. The highest BCUT2D eigenvalue weighted by Gasteiger charge is 2.75. The zero-order valence-electron chi connectivity index (χ0n) is 16.6. The van der Waals surface area contributed by atoms with Crippen LogP contribution in [0.25, 0.3) is 0 Å². The van der Waals surface area contributed by atoms with Crippen molar-refractivity contribution in [3.63, 3.8) is 0 Å². The van der Waals surface area contributed by atoms with Crippen molar-refractivity contribution in [2.24, 2.45) is 0 Å². The maximum atomic E-state index is 13.1. The first-order valence-corrected chi connectivity index (χ1v) is 10.1. The summed E-state index contributed by atoms with van der Waals surface area (Å²) in [5.41, 5.74) is -5.13. The Bertz CT molecular complexity index is 521. The van der Waals surface area contributed by atoms with E-state index in [9.17, 15) is 35.9 Å². The number of carbonyl (C=O) groups excluding carboxylic acids is 1. The van der Waals surface area contributed by atoms with Crippen LogP contribution < -0.4 is 0 Å². The number of alkyl halides is 6. The Labute approximate surface area is 171 Å². The molecule has 5 nitrogen and oxygen atoms in total. The van der Waals surface area contributed by atoms with E-state index in [1.54, 1.807) is 0 Å². The van der Waals surface area contributed by atoms with Gasteiger partial charge in [-0.15, -0.1) is 0 Å². The molecule has 11 heteroatoms. The third-order valence-corrected chi connectivity index (χ3v) is 5.09. The minimum Gasteiger partial charge on any atom is -0.481 e. The van der Waals surface area contributed by atoms with Crippen LogP contribution in [0.15, 0.2) is 0 Å². The molecule has 1 N–H and O–H groups in total. The molecule has 0 aromatic rings. The summed E-state index contributed by atoms with van der Waals surface area (Å²) in [7, 11) is 0. The Hall–Kier alpha value is -1.52. The number of carbonyl (C=O) groups is 2. The maximum Gasteiger partial charge on any atom is 0.438 e. The molecular weight excluding hydrogens is 422 g/mol. The maximum absolute atomic E-state index is 13.1. The van der Waals surface area contributed by atoms with Crippen LogP contribution in [0.2, 0.25) is 0 Å². The van der Waals surface area contributed by atoms with Gasteiger partial charge in [0.05, 0.1) is 6.10 Å². The van der Waals surface area contributed by atoms with Crippen LogP contribution in [0.1, 0.15) is 77.0 Å². The second kappa shape index (κ2) is 11.8. The fourth-order valence-corrected chi connectivity index (χ4v) is 3.43. The molecule has 1 rings (SSSR count). The summed E-state index contributed by atoms with van der Waals surface area (Å²) >= 11 is 0. The molecule has 1 fully saturated rings. The number of hydrogen-bond donors (Lipinski definition) is 1. The van der Waals surface area contributed by atoms with E-state index in [1.165, 1.54) is 6.42 Å². The molecule has 0 unspecified atom stereocenters. The number of carboxylic acid groups (broad SMARTS) is 1. The first kappa shape index (κ1) is 26.5. The van der Waals surface area contributed by atoms with Gasteiger partial charge in [-0.05, 0) is 12.8 Å². The molecule has 176 valence electrons. The van der Waals surface area contributed by atoms with E-state index in [4.69, 9.17) is 9.84 Å². The van der Waals surface area contributed by atoms with E-state index in [-0.39, 0.29) is 0 Å². The lowest BCUT2D eigenvalue weighted by molar-refractivity contribution is -0.370. The van der Waals surface area contributed by atoms with Crippen LogP contribution in [-0.2, 0) is 19.1 Å². The average Bonchev–Trinajstić information content (AvgIpc) is 2.58. The van der Waals surface area contributed by atoms with Crippen molar-refractivity contribution in [3.05, 3.63) is 0 Å². The second-order valence-electron chi connectivity index (χ2n) is 7.56. The zero-order chi connectivity index (χ0) is 22.8. The zero-order valence-corrected chi connectivity index (χ0v) is 16.6. The predicted octanol–water partition coefficient (Wildman–Crippen LogP) is 5.56. The van der Waals surface area contributed by atoms with Crippen LogP contribution in [0.4, 0.5) is 26.3 Å². The number of halogens is 6. The normalized spacial score (nSPS) is 18.9. The standard InChI is InChI=1S/C19H28F6O5/c20-18(21,22)17(12-15(26)27,19(23,24)25)30-16(28)13-29-14-10-8-6-4-2-1-3-5-7-9-11-14/h14H,1-13H2,(H,26,27). The molecule has 0 aliphatic heterocycles. The molecule has 30 heavy (non-hydrogen) atoms. The van der Waals surface area contributed by atoms with Crippen molar-refractivity contribution < 1.29 is 50.5 Å². The van der Waals surface area contributed by atoms with Crippen molar-refractivity contribution in [1.82, 2.24) is 0 Å². The van der Waals surface area contributed by atoms with E-state index < -0.39 is 49.0 Å². The summed E-state index contributed by atoms with van der Waals surface area (Å²) in [4.78, 5) is 22.5. The monoisotopic (exact) mass is 450 g/mol. The quantitative estimate of drug-likeness (QED) is 0.424. The largest absolute Gasteiger partial charge is 0.481 e. The lowest BCUT2D eigenvalue weighted by atomic mass is 9.97. The van der Waals surface area contributed by atoms with Crippen molar-refractivity contribution in [3.8, 4) is 0 Å². The number of esters is 1. The van der Waals surface area contributed by atoms with Crippen LogP contribution in [-0.4, -0.2) is 47.7 Å². The number of hydrogen-bond acceptors (Lipinski definition) is 4. The average molecular weight is 450 g/mol. The Balaban J connectivity index is 2.78. The smallest absolute Gasteiger partial charge is 0.438 e. The summed E-state index contributed by atoms with van der Waals surface area (Å²) < 4.78 is 87.8. The molecule has 1 saturated carbocycles. The summed E-state index contributed by atoms with van der Waals surface area (Å²) in [5.74, 6) is -4.31. The van der Waals surface area contributed by atoms with E-state index in [1.807, 2.05) is 0 Å². The van der Waals surface area contributed by atoms with Gasteiger partial charge in [0, 0.05) is 0 Å². The third kappa shape index (κ3) is 8.31. The van der Waals surface area contributed by atoms with Gasteiger partial charge in [0.15, 0.2) is 0 Å². The Kier molecular flexibility index (Phi) is 10.4. The first-order valence-electron chi connectivity index (χ1n) is 10.1. The van der Waals surface area contributed by atoms with Gasteiger partial charge in [0.2, 0.25) is 0 Å². The van der Waals surface area contributed by atoms with E-state index >= 15 is 0 Å². The molecule has 0 heterocycles. The summed E-state index contributed by atoms with van der Waals surface area (Å²) in [6, 6.07) is 0. The van der Waals surface area contributed by atoms with E-state index in [0.717, 1.165) is 51.4 Å². The Morgan fingerprint density at radius 3 is 1.53 bits per heavy atom. The number of rotatable bonds is 6. The summed E-state index contributed by atoms with van der Waals surface area (Å²) in [6.45, 7) is -1.11. The Morgan fingerprint density at radius 2 is 1.17 bits per heavy atom.